The fourth-order valence-corrected chi connectivity index (χ4v) is 4.93. The van der Waals surface area contributed by atoms with E-state index in [0.29, 0.717) is 55.1 Å². The zero-order chi connectivity index (χ0) is 24.1. The molecule has 5 rings (SSSR count). The fraction of sp³-hybridized carbons (Fsp3) is 0.417. The fourth-order valence-electron chi connectivity index (χ4n) is 4.80. The molecule has 10 heteroatoms. The van der Waals surface area contributed by atoms with Crippen LogP contribution in [0, 0.1) is 25.6 Å². The standard InChI is InChI=1S/C24H24ClFN4O4/c1-12-21(25)13(2)30-22(27-12)18-10-29(11-19(18)28-30)23(31)17-8-5-15(26)9-20(17)34-16-6-3-14(4-7-16)24(32)33/h5,8-9,14,16H,3-4,6-7,10-11H2,1-2H3,(H,32,33). The Kier molecular flexibility index (Phi) is 5.67. The van der Waals surface area contributed by atoms with Gasteiger partial charge in [-0.25, -0.2) is 13.9 Å². The second kappa shape index (κ2) is 8.54. The lowest BCUT2D eigenvalue weighted by atomic mass is 9.87. The molecule has 8 nitrogen and oxygen atoms in total. The number of aryl methyl sites for hydroxylation is 2. The molecule has 0 radical (unpaired) electrons. The highest BCUT2D eigenvalue weighted by Crippen LogP contribution is 2.33. The molecule has 3 heterocycles. The summed E-state index contributed by atoms with van der Waals surface area (Å²) in [5, 5.41) is 14.4. The number of fused-ring (bicyclic) bond motifs is 3. The molecule has 0 unspecified atom stereocenters. The molecule has 1 aromatic carbocycles. The highest BCUT2D eigenvalue weighted by Gasteiger charge is 2.33. The zero-order valence-corrected chi connectivity index (χ0v) is 19.6. The Balaban J connectivity index is 1.37. The van der Waals surface area contributed by atoms with E-state index >= 15 is 0 Å². The van der Waals surface area contributed by atoms with Crippen molar-refractivity contribution < 1.29 is 23.8 Å². The number of benzene rings is 1. The molecule has 34 heavy (non-hydrogen) atoms. The first-order chi connectivity index (χ1) is 16.2. The van der Waals surface area contributed by atoms with Crippen LogP contribution in [0.25, 0.3) is 5.65 Å². The molecule has 1 aliphatic carbocycles. The number of ether oxygens (including phenoxy) is 1. The van der Waals surface area contributed by atoms with Gasteiger partial charge in [0.1, 0.15) is 11.6 Å². The highest BCUT2D eigenvalue weighted by atomic mass is 35.5. The molecular formula is C24H24ClFN4O4. The van der Waals surface area contributed by atoms with Crippen molar-refractivity contribution in [1.82, 2.24) is 19.5 Å². The Hall–Kier alpha value is -3.20. The third-order valence-corrected chi connectivity index (χ3v) is 7.28. The number of nitrogens with zero attached hydrogens (tertiary/aromatic N) is 4. The molecular weight excluding hydrogens is 463 g/mol. The van der Waals surface area contributed by atoms with Crippen molar-refractivity contribution in [3.8, 4) is 5.75 Å². The second-order valence-corrected chi connectivity index (χ2v) is 9.37. The number of carboxylic acid groups (broad SMARTS) is 1. The van der Waals surface area contributed by atoms with Crippen molar-refractivity contribution in [2.45, 2.75) is 58.7 Å². The van der Waals surface area contributed by atoms with Gasteiger partial charge in [0.15, 0.2) is 5.65 Å². The minimum Gasteiger partial charge on any atom is -0.489 e. The smallest absolute Gasteiger partial charge is 0.306 e. The van der Waals surface area contributed by atoms with E-state index in [4.69, 9.17) is 16.3 Å². The average Bonchev–Trinajstić information content (AvgIpc) is 3.37. The Morgan fingerprint density at radius 3 is 2.62 bits per heavy atom. The maximum Gasteiger partial charge on any atom is 0.306 e. The number of carbonyl (C=O) groups is 2. The van der Waals surface area contributed by atoms with E-state index < -0.39 is 11.8 Å². The topological polar surface area (TPSA) is 97.0 Å². The van der Waals surface area contributed by atoms with Gasteiger partial charge in [0, 0.05) is 11.6 Å². The Labute approximate surface area is 200 Å². The lowest BCUT2D eigenvalue weighted by Gasteiger charge is -2.28. The number of rotatable bonds is 4. The van der Waals surface area contributed by atoms with Crippen molar-refractivity contribution in [2.24, 2.45) is 5.92 Å². The van der Waals surface area contributed by atoms with E-state index in [1.165, 1.54) is 18.2 Å². The summed E-state index contributed by atoms with van der Waals surface area (Å²) in [5.41, 5.74) is 4.06. The number of aliphatic carboxylic acids is 1. The molecule has 178 valence electrons. The predicted octanol–water partition coefficient (Wildman–Crippen LogP) is 4.32. The van der Waals surface area contributed by atoms with E-state index in [-0.39, 0.29) is 29.2 Å². The SMILES string of the molecule is Cc1nc2c3c(nn2c(C)c1Cl)CN(C(=O)c1ccc(F)cc1OC1CCC(C(=O)O)CC1)C3. The summed E-state index contributed by atoms with van der Waals surface area (Å²) in [6.07, 6.45) is 1.82. The maximum absolute atomic E-state index is 14.0. The molecule has 0 bridgehead atoms. The lowest BCUT2D eigenvalue weighted by Crippen LogP contribution is -2.30. The average molecular weight is 487 g/mol. The van der Waals surface area contributed by atoms with Crippen LogP contribution in [0.15, 0.2) is 18.2 Å². The summed E-state index contributed by atoms with van der Waals surface area (Å²) in [5.74, 6) is -1.79. The molecule has 1 aliphatic heterocycles. The number of carbonyl (C=O) groups excluding carboxylic acids is 1. The van der Waals surface area contributed by atoms with Gasteiger partial charge >= 0.3 is 5.97 Å². The van der Waals surface area contributed by atoms with Crippen molar-refractivity contribution in [3.63, 3.8) is 0 Å². The molecule has 1 saturated carbocycles. The number of halogens is 2. The molecule has 0 spiro atoms. The van der Waals surface area contributed by atoms with Crippen LogP contribution >= 0.6 is 11.6 Å². The molecule has 2 aliphatic rings. The minimum atomic E-state index is -0.804. The van der Waals surface area contributed by atoms with E-state index in [2.05, 4.69) is 10.1 Å². The zero-order valence-electron chi connectivity index (χ0n) is 18.8. The summed E-state index contributed by atoms with van der Waals surface area (Å²) >= 11 is 6.31. The number of carboxylic acids is 1. The minimum absolute atomic E-state index is 0.180. The molecule has 1 N–H and O–H groups in total. The van der Waals surface area contributed by atoms with Crippen LogP contribution in [-0.4, -0.2) is 42.6 Å². The van der Waals surface area contributed by atoms with Crippen LogP contribution in [0.5, 0.6) is 5.75 Å². The molecule has 0 saturated heterocycles. The summed E-state index contributed by atoms with van der Waals surface area (Å²) in [4.78, 5) is 30.8. The number of hydrogen-bond acceptors (Lipinski definition) is 5. The van der Waals surface area contributed by atoms with Crippen LogP contribution in [0.1, 0.15) is 58.7 Å². The van der Waals surface area contributed by atoms with Crippen LogP contribution in [0.2, 0.25) is 5.02 Å². The molecule has 1 amide bonds. The van der Waals surface area contributed by atoms with Gasteiger partial charge < -0.3 is 14.7 Å². The predicted molar refractivity (Wildman–Crippen MR) is 121 cm³/mol. The molecule has 2 aromatic heterocycles. The van der Waals surface area contributed by atoms with Crippen molar-refractivity contribution in [1.29, 1.82) is 0 Å². The van der Waals surface area contributed by atoms with Gasteiger partial charge in [0.05, 0.1) is 52.8 Å². The van der Waals surface area contributed by atoms with Gasteiger partial charge in [-0.2, -0.15) is 5.10 Å². The Morgan fingerprint density at radius 2 is 1.91 bits per heavy atom. The summed E-state index contributed by atoms with van der Waals surface area (Å²) in [7, 11) is 0. The third-order valence-electron chi connectivity index (χ3n) is 6.73. The van der Waals surface area contributed by atoms with Gasteiger partial charge in [0.25, 0.3) is 5.91 Å². The van der Waals surface area contributed by atoms with Crippen molar-refractivity contribution in [3.05, 3.63) is 57.2 Å². The van der Waals surface area contributed by atoms with Crippen LogP contribution in [0.3, 0.4) is 0 Å². The van der Waals surface area contributed by atoms with Crippen LogP contribution in [0.4, 0.5) is 4.39 Å². The lowest BCUT2D eigenvalue weighted by molar-refractivity contribution is -0.143. The number of aromatic nitrogens is 3. The number of hydrogen-bond donors (Lipinski definition) is 1. The summed E-state index contributed by atoms with van der Waals surface area (Å²) in [6, 6.07) is 3.90. The van der Waals surface area contributed by atoms with E-state index in [1.54, 1.807) is 9.42 Å². The van der Waals surface area contributed by atoms with Crippen LogP contribution < -0.4 is 4.74 Å². The number of amides is 1. The van der Waals surface area contributed by atoms with Gasteiger partial charge in [-0.15, -0.1) is 0 Å². The summed E-state index contributed by atoms with van der Waals surface area (Å²) in [6.45, 7) is 4.33. The monoisotopic (exact) mass is 486 g/mol. The van der Waals surface area contributed by atoms with Gasteiger partial charge in [-0.3, -0.25) is 9.59 Å². The summed E-state index contributed by atoms with van der Waals surface area (Å²) < 4.78 is 21.8. The van der Waals surface area contributed by atoms with E-state index in [0.717, 1.165) is 17.0 Å². The maximum atomic E-state index is 14.0. The third kappa shape index (κ3) is 3.87. The van der Waals surface area contributed by atoms with Crippen molar-refractivity contribution in [2.75, 3.05) is 0 Å². The van der Waals surface area contributed by atoms with Gasteiger partial charge in [-0.05, 0) is 51.7 Å². The van der Waals surface area contributed by atoms with Gasteiger partial charge in [-0.1, -0.05) is 11.6 Å². The van der Waals surface area contributed by atoms with E-state index in [9.17, 15) is 19.1 Å². The normalized spacial score (nSPS) is 19.9. The highest BCUT2D eigenvalue weighted by molar-refractivity contribution is 6.31. The molecule has 0 atom stereocenters. The first-order valence-corrected chi connectivity index (χ1v) is 11.6. The quantitative estimate of drug-likeness (QED) is 0.590. The molecule has 3 aromatic rings. The Bertz CT molecular complexity index is 1320. The largest absolute Gasteiger partial charge is 0.489 e. The first kappa shape index (κ1) is 22.6. The first-order valence-electron chi connectivity index (χ1n) is 11.2. The van der Waals surface area contributed by atoms with Gasteiger partial charge in [0.2, 0.25) is 0 Å². The van der Waals surface area contributed by atoms with Crippen LogP contribution in [-0.2, 0) is 17.9 Å². The van der Waals surface area contributed by atoms with Crippen molar-refractivity contribution >= 4 is 29.1 Å². The Morgan fingerprint density at radius 1 is 1.18 bits per heavy atom. The molecule has 1 fully saturated rings. The van der Waals surface area contributed by atoms with E-state index in [1.807, 2.05) is 13.8 Å². The second-order valence-electron chi connectivity index (χ2n) is 8.99.